The highest BCUT2D eigenvalue weighted by molar-refractivity contribution is 5.79. The molecule has 2 N–H and O–H groups in total. The summed E-state index contributed by atoms with van der Waals surface area (Å²) in [6, 6.07) is 6.56. The summed E-state index contributed by atoms with van der Waals surface area (Å²) < 4.78 is 52.5. The largest absolute Gasteiger partial charge is 0.416 e. The molecule has 1 aromatic carbocycles. The summed E-state index contributed by atoms with van der Waals surface area (Å²) in [5.41, 5.74) is -0.130. The SMILES string of the molecule is CN=C(NCc1ccc(N2CCCC2)nc1)NCc1ccc(F)cc1C(F)(F)F. The number of hydrogen-bond acceptors (Lipinski definition) is 3. The maximum Gasteiger partial charge on any atom is 0.416 e. The van der Waals surface area contributed by atoms with Crippen LogP contribution >= 0.6 is 0 Å². The second-order valence-electron chi connectivity index (χ2n) is 6.80. The summed E-state index contributed by atoms with van der Waals surface area (Å²) in [6.07, 6.45) is -0.497. The molecule has 1 aliphatic heterocycles. The highest BCUT2D eigenvalue weighted by Crippen LogP contribution is 2.32. The molecule has 2 aromatic rings. The van der Waals surface area contributed by atoms with E-state index in [-0.39, 0.29) is 12.1 Å². The van der Waals surface area contributed by atoms with Gasteiger partial charge in [0.05, 0.1) is 5.56 Å². The van der Waals surface area contributed by atoms with Crippen molar-refractivity contribution in [1.29, 1.82) is 0 Å². The molecule has 9 heteroatoms. The number of aliphatic imine (C=N–C) groups is 1. The topological polar surface area (TPSA) is 52.6 Å². The normalized spacial score (nSPS) is 14.9. The number of halogens is 4. The maximum absolute atomic E-state index is 13.2. The quantitative estimate of drug-likeness (QED) is 0.449. The molecule has 1 aromatic heterocycles. The average Bonchev–Trinajstić information content (AvgIpc) is 3.23. The maximum atomic E-state index is 13.2. The predicted molar refractivity (Wildman–Crippen MR) is 104 cm³/mol. The van der Waals surface area contributed by atoms with Crippen molar-refractivity contribution in [2.24, 2.45) is 4.99 Å². The number of nitrogens with one attached hydrogen (secondary N) is 2. The Hall–Kier alpha value is -2.84. The van der Waals surface area contributed by atoms with Crippen molar-refractivity contribution in [3.63, 3.8) is 0 Å². The first kappa shape index (κ1) is 20.9. The minimum Gasteiger partial charge on any atom is -0.357 e. The molecule has 1 saturated heterocycles. The Labute approximate surface area is 166 Å². The Bertz CT molecular complexity index is 843. The second kappa shape index (κ2) is 9.11. The van der Waals surface area contributed by atoms with Crippen molar-refractivity contribution in [1.82, 2.24) is 15.6 Å². The van der Waals surface area contributed by atoms with Gasteiger partial charge in [-0.1, -0.05) is 12.1 Å². The smallest absolute Gasteiger partial charge is 0.357 e. The number of anilines is 1. The van der Waals surface area contributed by atoms with E-state index in [4.69, 9.17) is 0 Å². The van der Waals surface area contributed by atoms with Gasteiger partial charge in [0.2, 0.25) is 0 Å². The van der Waals surface area contributed by atoms with Gasteiger partial charge in [0, 0.05) is 39.4 Å². The fourth-order valence-corrected chi connectivity index (χ4v) is 3.21. The van der Waals surface area contributed by atoms with Crippen molar-refractivity contribution < 1.29 is 17.6 Å². The summed E-state index contributed by atoms with van der Waals surface area (Å²) in [5, 5.41) is 5.88. The molecule has 5 nitrogen and oxygen atoms in total. The van der Waals surface area contributed by atoms with Crippen LogP contribution in [-0.2, 0) is 19.3 Å². The van der Waals surface area contributed by atoms with Gasteiger partial charge >= 0.3 is 6.18 Å². The van der Waals surface area contributed by atoms with E-state index in [9.17, 15) is 17.6 Å². The standard InChI is InChI=1S/C20H23F4N5/c1-25-19(28-13-15-5-6-16(21)10-17(15)20(22,23)24)27-12-14-4-7-18(26-11-14)29-8-2-3-9-29/h4-7,10-11H,2-3,8-9,12-13H2,1H3,(H2,25,27,28). The molecule has 1 aliphatic rings. The average molecular weight is 409 g/mol. The van der Waals surface area contributed by atoms with Crippen molar-refractivity contribution in [2.75, 3.05) is 25.0 Å². The number of rotatable bonds is 5. The molecule has 0 atom stereocenters. The summed E-state index contributed by atoms with van der Waals surface area (Å²) >= 11 is 0. The molecule has 0 radical (unpaired) electrons. The number of guanidine groups is 1. The zero-order valence-corrected chi connectivity index (χ0v) is 16.1. The summed E-state index contributed by atoms with van der Waals surface area (Å²) in [6.45, 7) is 2.32. The van der Waals surface area contributed by atoms with Gasteiger partial charge in [-0.2, -0.15) is 13.2 Å². The third-order valence-electron chi connectivity index (χ3n) is 4.75. The van der Waals surface area contributed by atoms with E-state index >= 15 is 0 Å². The van der Waals surface area contributed by atoms with E-state index < -0.39 is 17.6 Å². The van der Waals surface area contributed by atoms with Crippen molar-refractivity contribution >= 4 is 11.8 Å². The molecule has 1 fully saturated rings. The Kier molecular flexibility index (Phi) is 6.56. The van der Waals surface area contributed by atoms with Crippen LogP contribution in [0, 0.1) is 5.82 Å². The summed E-state index contributed by atoms with van der Waals surface area (Å²) in [7, 11) is 1.53. The van der Waals surface area contributed by atoms with Crippen LogP contribution in [0.2, 0.25) is 0 Å². The zero-order valence-electron chi connectivity index (χ0n) is 16.1. The molecular formula is C20H23F4N5. The number of nitrogens with zero attached hydrogens (tertiary/aromatic N) is 3. The van der Waals surface area contributed by atoms with Crippen LogP contribution in [0.15, 0.2) is 41.5 Å². The van der Waals surface area contributed by atoms with Gasteiger partial charge in [-0.15, -0.1) is 0 Å². The van der Waals surface area contributed by atoms with Crippen LogP contribution in [-0.4, -0.2) is 31.1 Å². The molecule has 0 amide bonds. The number of pyridine rings is 1. The Morgan fingerprint density at radius 2 is 1.83 bits per heavy atom. The van der Waals surface area contributed by atoms with Crippen LogP contribution < -0.4 is 15.5 Å². The first-order chi connectivity index (χ1) is 13.9. The van der Waals surface area contributed by atoms with E-state index in [0.29, 0.717) is 18.6 Å². The van der Waals surface area contributed by atoms with E-state index in [0.717, 1.165) is 36.6 Å². The predicted octanol–water partition coefficient (Wildman–Crippen LogP) is 3.70. The lowest BCUT2D eigenvalue weighted by Gasteiger charge is -2.17. The molecule has 2 heterocycles. The van der Waals surface area contributed by atoms with Crippen molar-refractivity contribution in [3.8, 4) is 0 Å². The van der Waals surface area contributed by atoms with Crippen LogP contribution in [0.3, 0.4) is 0 Å². The van der Waals surface area contributed by atoms with Gasteiger partial charge in [-0.3, -0.25) is 4.99 Å². The van der Waals surface area contributed by atoms with Gasteiger partial charge in [-0.25, -0.2) is 9.37 Å². The highest BCUT2D eigenvalue weighted by Gasteiger charge is 2.33. The van der Waals surface area contributed by atoms with E-state index in [1.807, 2.05) is 12.1 Å². The summed E-state index contributed by atoms with van der Waals surface area (Å²) in [5.74, 6) is 0.365. The van der Waals surface area contributed by atoms with E-state index in [2.05, 4.69) is 25.5 Å². The van der Waals surface area contributed by atoms with Gasteiger partial charge in [0.25, 0.3) is 0 Å². The Morgan fingerprint density at radius 1 is 1.10 bits per heavy atom. The van der Waals surface area contributed by atoms with Gasteiger partial charge in [-0.05, 0) is 42.2 Å². The molecule has 0 saturated carbocycles. The van der Waals surface area contributed by atoms with Crippen LogP contribution in [0.25, 0.3) is 0 Å². The first-order valence-corrected chi connectivity index (χ1v) is 9.37. The molecule has 0 spiro atoms. The third-order valence-corrected chi connectivity index (χ3v) is 4.75. The molecular weight excluding hydrogens is 386 g/mol. The molecule has 0 unspecified atom stereocenters. The van der Waals surface area contributed by atoms with Crippen LogP contribution in [0.5, 0.6) is 0 Å². The Morgan fingerprint density at radius 3 is 2.45 bits per heavy atom. The van der Waals surface area contributed by atoms with Gasteiger partial charge < -0.3 is 15.5 Å². The number of aromatic nitrogens is 1. The minimum atomic E-state index is -4.63. The molecule has 0 bridgehead atoms. The molecule has 29 heavy (non-hydrogen) atoms. The number of hydrogen-bond donors (Lipinski definition) is 2. The monoisotopic (exact) mass is 409 g/mol. The van der Waals surface area contributed by atoms with Crippen molar-refractivity contribution in [2.45, 2.75) is 32.1 Å². The molecule has 156 valence electrons. The van der Waals surface area contributed by atoms with E-state index in [1.54, 1.807) is 6.20 Å². The number of alkyl halides is 3. The lowest BCUT2D eigenvalue weighted by atomic mass is 10.1. The molecule has 0 aliphatic carbocycles. The minimum absolute atomic E-state index is 0.0570. The molecule has 3 rings (SSSR count). The second-order valence-corrected chi connectivity index (χ2v) is 6.80. The van der Waals surface area contributed by atoms with Crippen molar-refractivity contribution in [3.05, 3.63) is 59.0 Å². The van der Waals surface area contributed by atoms with Gasteiger partial charge in [0.15, 0.2) is 5.96 Å². The van der Waals surface area contributed by atoms with Crippen LogP contribution in [0.1, 0.15) is 29.5 Å². The highest BCUT2D eigenvalue weighted by atomic mass is 19.4. The zero-order chi connectivity index (χ0) is 20.9. The fraction of sp³-hybridized carbons (Fsp3) is 0.400. The van der Waals surface area contributed by atoms with Gasteiger partial charge in [0.1, 0.15) is 11.6 Å². The Balaban J connectivity index is 1.56. The summed E-state index contributed by atoms with van der Waals surface area (Å²) in [4.78, 5) is 10.7. The fourth-order valence-electron chi connectivity index (χ4n) is 3.21. The lowest BCUT2D eigenvalue weighted by Crippen LogP contribution is -2.36. The van der Waals surface area contributed by atoms with E-state index in [1.165, 1.54) is 19.9 Å². The third kappa shape index (κ3) is 5.58. The number of benzene rings is 1. The van der Waals surface area contributed by atoms with Crippen LogP contribution in [0.4, 0.5) is 23.4 Å². The lowest BCUT2D eigenvalue weighted by molar-refractivity contribution is -0.138. The first-order valence-electron chi connectivity index (χ1n) is 9.37.